The van der Waals surface area contributed by atoms with Crippen LogP contribution in [0.1, 0.15) is 39.0 Å². The highest BCUT2D eigenvalue weighted by Gasteiger charge is 2.03. The molecular weight excluding hydrogens is 255 g/mol. The van der Waals surface area contributed by atoms with Crippen molar-refractivity contribution in [2.45, 2.75) is 43.0 Å². The fourth-order valence-corrected chi connectivity index (χ4v) is 2.00. The van der Waals surface area contributed by atoms with E-state index >= 15 is 0 Å². The molecule has 1 atom stereocenters. The van der Waals surface area contributed by atoms with Gasteiger partial charge in [0, 0.05) is 10.3 Å². The second-order valence-corrected chi connectivity index (χ2v) is 4.43. The average Bonchev–Trinajstić information content (AvgIpc) is 1.87. The minimum atomic E-state index is -0.676. The smallest absolute Gasteiger partial charge is 0.303 e. The Balaban J connectivity index is 3.16. The third-order valence-electron chi connectivity index (χ3n) is 1.51. The molecule has 0 aliphatic rings. The van der Waals surface area contributed by atoms with Crippen LogP contribution in [0.2, 0.25) is 0 Å². The van der Waals surface area contributed by atoms with E-state index < -0.39 is 5.97 Å². The van der Waals surface area contributed by atoms with Crippen LogP contribution in [-0.2, 0) is 4.79 Å². The predicted octanol–water partition coefficient (Wildman–Crippen LogP) is 2.85. The van der Waals surface area contributed by atoms with Gasteiger partial charge in [0.15, 0.2) is 0 Å². The van der Waals surface area contributed by atoms with Crippen molar-refractivity contribution in [3.8, 4) is 0 Å². The van der Waals surface area contributed by atoms with Crippen LogP contribution < -0.4 is 0 Å². The predicted molar refractivity (Wildman–Crippen MR) is 54.2 cm³/mol. The summed E-state index contributed by atoms with van der Waals surface area (Å²) in [7, 11) is 0. The number of halogens is 1. The summed E-state index contributed by atoms with van der Waals surface area (Å²) in [4.78, 5) is 10.1. The van der Waals surface area contributed by atoms with Crippen LogP contribution >= 0.6 is 22.6 Å². The van der Waals surface area contributed by atoms with Gasteiger partial charge in [-0.1, -0.05) is 35.9 Å². The van der Waals surface area contributed by atoms with E-state index in [0.29, 0.717) is 10.3 Å². The second-order valence-electron chi connectivity index (χ2n) is 2.67. The van der Waals surface area contributed by atoms with E-state index in [2.05, 4.69) is 29.5 Å². The van der Waals surface area contributed by atoms with Crippen molar-refractivity contribution in [3.05, 3.63) is 0 Å². The first kappa shape index (κ1) is 11.2. The molecule has 11 heavy (non-hydrogen) atoms. The lowest BCUT2D eigenvalue weighted by molar-refractivity contribution is -0.137. The largest absolute Gasteiger partial charge is 0.481 e. The molecular formula is C8H15IO2. The van der Waals surface area contributed by atoms with Crippen LogP contribution in [0.5, 0.6) is 0 Å². The highest BCUT2D eigenvalue weighted by atomic mass is 127. The Morgan fingerprint density at radius 1 is 1.55 bits per heavy atom. The molecule has 0 heterocycles. The standard InChI is InChI=1S/C8H15IO2/c1-2-4-7(9)5-3-6-8(10)11/h7H,2-6H2,1H3,(H,10,11). The Hall–Kier alpha value is 0.200. The van der Waals surface area contributed by atoms with Crippen molar-refractivity contribution in [1.29, 1.82) is 0 Å². The highest BCUT2D eigenvalue weighted by Crippen LogP contribution is 2.15. The lowest BCUT2D eigenvalue weighted by Crippen LogP contribution is -2.00. The molecule has 0 aliphatic carbocycles. The van der Waals surface area contributed by atoms with Gasteiger partial charge in [-0.2, -0.15) is 0 Å². The molecule has 0 aliphatic heterocycles. The van der Waals surface area contributed by atoms with E-state index in [0.717, 1.165) is 12.8 Å². The van der Waals surface area contributed by atoms with Crippen molar-refractivity contribution in [2.24, 2.45) is 0 Å². The fourth-order valence-electron chi connectivity index (χ4n) is 0.932. The summed E-state index contributed by atoms with van der Waals surface area (Å²) in [5.41, 5.74) is 0. The van der Waals surface area contributed by atoms with Crippen molar-refractivity contribution >= 4 is 28.6 Å². The summed E-state index contributed by atoms with van der Waals surface area (Å²) >= 11 is 2.40. The van der Waals surface area contributed by atoms with Crippen molar-refractivity contribution in [1.82, 2.24) is 0 Å². The zero-order chi connectivity index (χ0) is 8.69. The number of alkyl halides is 1. The maximum atomic E-state index is 10.1. The molecule has 3 heteroatoms. The molecule has 0 rings (SSSR count). The number of carboxylic acids is 1. The van der Waals surface area contributed by atoms with Crippen molar-refractivity contribution in [2.75, 3.05) is 0 Å². The van der Waals surface area contributed by atoms with E-state index in [-0.39, 0.29) is 0 Å². The molecule has 0 bridgehead atoms. The number of hydrogen-bond donors (Lipinski definition) is 1. The van der Waals surface area contributed by atoms with Gasteiger partial charge < -0.3 is 5.11 Å². The molecule has 66 valence electrons. The topological polar surface area (TPSA) is 37.3 Å². The van der Waals surface area contributed by atoms with Crippen LogP contribution in [-0.4, -0.2) is 15.0 Å². The summed E-state index contributed by atoms with van der Waals surface area (Å²) in [5.74, 6) is -0.676. The summed E-state index contributed by atoms with van der Waals surface area (Å²) in [6.45, 7) is 2.16. The number of hydrogen-bond acceptors (Lipinski definition) is 1. The number of carbonyl (C=O) groups is 1. The molecule has 0 fully saturated rings. The number of carboxylic acid groups (broad SMARTS) is 1. The van der Waals surface area contributed by atoms with Gasteiger partial charge >= 0.3 is 5.97 Å². The molecule has 0 radical (unpaired) electrons. The molecule has 0 amide bonds. The second kappa shape index (κ2) is 6.88. The fraction of sp³-hybridized carbons (Fsp3) is 0.875. The number of rotatable bonds is 6. The van der Waals surface area contributed by atoms with Gasteiger partial charge in [-0.25, -0.2) is 0 Å². The van der Waals surface area contributed by atoms with Crippen LogP contribution in [0.3, 0.4) is 0 Å². The molecule has 0 spiro atoms. The van der Waals surface area contributed by atoms with Crippen LogP contribution in [0.4, 0.5) is 0 Å². The lowest BCUT2D eigenvalue weighted by Gasteiger charge is -2.05. The summed E-state index contributed by atoms with van der Waals surface area (Å²) in [6, 6.07) is 0. The minimum absolute atomic E-state index is 0.323. The Morgan fingerprint density at radius 3 is 2.64 bits per heavy atom. The van der Waals surface area contributed by atoms with Crippen molar-refractivity contribution < 1.29 is 9.90 Å². The first-order valence-electron chi connectivity index (χ1n) is 4.02. The average molecular weight is 270 g/mol. The molecule has 0 aromatic heterocycles. The zero-order valence-electron chi connectivity index (χ0n) is 6.85. The van der Waals surface area contributed by atoms with Gasteiger partial charge in [0.1, 0.15) is 0 Å². The third-order valence-corrected chi connectivity index (χ3v) is 2.76. The molecule has 2 nitrogen and oxygen atoms in total. The zero-order valence-corrected chi connectivity index (χ0v) is 9.00. The summed E-state index contributed by atoms with van der Waals surface area (Å²) in [5, 5.41) is 8.35. The molecule has 0 aromatic carbocycles. The molecule has 0 saturated carbocycles. The van der Waals surface area contributed by atoms with E-state index in [9.17, 15) is 4.79 Å². The first-order chi connectivity index (χ1) is 5.16. The van der Waals surface area contributed by atoms with E-state index in [1.807, 2.05) is 0 Å². The molecule has 1 N–H and O–H groups in total. The Kier molecular flexibility index (Phi) is 7.01. The molecule has 1 unspecified atom stereocenters. The van der Waals surface area contributed by atoms with Crippen LogP contribution in [0.25, 0.3) is 0 Å². The summed E-state index contributed by atoms with van der Waals surface area (Å²) in [6.07, 6.45) is 4.59. The maximum Gasteiger partial charge on any atom is 0.303 e. The van der Waals surface area contributed by atoms with Crippen molar-refractivity contribution in [3.63, 3.8) is 0 Å². The Bertz CT molecular complexity index is 115. The summed E-state index contributed by atoms with van der Waals surface area (Å²) < 4.78 is 0.664. The van der Waals surface area contributed by atoms with Gasteiger partial charge in [0.25, 0.3) is 0 Å². The van der Waals surface area contributed by atoms with E-state index in [1.165, 1.54) is 12.8 Å². The van der Waals surface area contributed by atoms with Gasteiger partial charge in [-0.15, -0.1) is 0 Å². The lowest BCUT2D eigenvalue weighted by atomic mass is 10.1. The quantitative estimate of drug-likeness (QED) is 0.595. The molecule has 0 aromatic rings. The van der Waals surface area contributed by atoms with Gasteiger partial charge in [0.05, 0.1) is 0 Å². The van der Waals surface area contributed by atoms with Crippen LogP contribution in [0.15, 0.2) is 0 Å². The van der Waals surface area contributed by atoms with Crippen LogP contribution in [0, 0.1) is 0 Å². The number of aliphatic carboxylic acids is 1. The van der Waals surface area contributed by atoms with E-state index in [1.54, 1.807) is 0 Å². The Labute approximate surface area is 81.5 Å². The van der Waals surface area contributed by atoms with Gasteiger partial charge in [-0.05, 0) is 19.3 Å². The maximum absolute atomic E-state index is 10.1. The third kappa shape index (κ3) is 8.10. The Morgan fingerprint density at radius 2 is 2.18 bits per heavy atom. The minimum Gasteiger partial charge on any atom is -0.481 e. The monoisotopic (exact) mass is 270 g/mol. The van der Waals surface area contributed by atoms with E-state index in [4.69, 9.17) is 5.11 Å². The van der Waals surface area contributed by atoms with Gasteiger partial charge in [-0.3, -0.25) is 4.79 Å². The molecule has 0 saturated heterocycles. The highest BCUT2D eigenvalue weighted by molar-refractivity contribution is 14.1. The first-order valence-corrected chi connectivity index (χ1v) is 5.27. The van der Waals surface area contributed by atoms with Gasteiger partial charge in [0.2, 0.25) is 0 Å². The SMILES string of the molecule is CCCC(I)CCCC(=O)O. The normalized spacial score (nSPS) is 12.9.